The maximum Gasteiger partial charge on any atom is 0.226 e. The molecule has 0 N–H and O–H groups in total. The van der Waals surface area contributed by atoms with Crippen LogP contribution in [-0.2, 0) is 11.2 Å². The highest BCUT2D eigenvalue weighted by molar-refractivity contribution is 5.83. The molecule has 0 radical (unpaired) electrons. The summed E-state index contributed by atoms with van der Waals surface area (Å²) in [5.41, 5.74) is 0.692. The topological polar surface area (TPSA) is 38.1 Å². The first-order valence-corrected chi connectivity index (χ1v) is 9.24. The molecule has 1 saturated carbocycles. The van der Waals surface area contributed by atoms with E-state index in [1.165, 1.54) is 6.07 Å². The van der Waals surface area contributed by atoms with Crippen molar-refractivity contribution in [3.05, 3.63) is 53.9 Å². The summed E-state index contributed by atoms with van der Waals surface area (Å²) < 4.78 is 16.2. The van der Waals surface area contributed by atoms with Crippen LogP contribution in [0.5, 0.6) is 0 Å². The molecule has 4 nitrogen and oxygen atoms in total. The second-order valence-electron chi connectivity index (χ2n) is 7.15. The van der Waals surface area contributed by atoms with Crippen LogP contribution in [0.15, 0.2) is 36.7 Å². The van der Waals surface area contributed by atoms with Crippen molar-refractivity contribution in [2.24, 2.45) is 5.92 Å². The van der Waals surface area contributed by atoms with E-state index >= 15 is 0 Å². The number of halogens is 1. The fourth-order valence-corrected chi connectivity index (χ4v) is 4.15. The van der Waals surface area contributed by atoms with Gasteiger partial charge in [-0.25, -0.2) is 9.37 Å². The van der Waals surface area contributed by atoms with Gasteiger partial charge in [-0.2, -0.15) is 0 Å². The number of nitrogens with zero attached hydrogens (tertiary/aromatic N) is 3. The van der Waals surface area contributed by atoms with Gasteiger partial charge in [0.2, 0.25) is 5.91 Å². The SMILES string of the molecule is CCc1nccn1C1CCCN(C(=O)C2CC2c2ccccc2F)C1. The second-order valence-corrected chi connectivity index (χ2v) is 7.15. The molecule has 1 aromatic heterocycles. The molecule has 1 aromatic carbocycles. The average Bonchev–Trinajstić information content (AvgIpc) is 3.29. The van der Waals surface area contributed by atoms with E-state index in [0.29, 0.717) is 11.6 Å². The van der Waals surface area contributed by atoms with Crippen LogP contribution in [0.25, 0.3) is 0 Å². The fraction of sp³-hybridized carbons (Fsp3) is 0.500. The van der Waals surface area contributed by atoms with Crippen molar-refractivity contribution >= 4 is 5.91 Å². The Morgan fingerprint density at radius 3 is 3.00 bits per heavy atom. The Morgan fingerprint density at radius 1 is 1.36 bits per heavy atom. The molecule has 25 heavy (non-hydrogen) atoms. The maximum atomic E-state index is 14.0. The minimum Gasteiger partial charge on any atom is -0.340 e. The van der Waals surface area contributed by atoms with Crippen molar-refractivity contribution in [3.63, 3.8) is 0 Å². The van der Waals surface area contributed by atoms with Gasteiger partial charge in [-0.05, 0) is 36.8 Å². The molecule has 132 valence electrons. The van der Waals surface area contributed by atoms with Crippen molar-refractivity contribution in [1.29, 1.82) is 0 Å². The monoisotopic (exact) mass is 341 g/mol. The number of hydrogen-bond acceptors (Lipinski definition) is 2. The van der Waals surface area contributed by atoms with Gasteiger partial charge in [0.25, 0.3) is 0 Å². The Bertz CT molecular complexity index is 772. The Hall–Kier alpha value is -2.17. The van der Waals surface area contributed by atoms with E-state index in [-0.39, 0.29) is 23.6 Å². The molecule has 4 rings (SSSR count). The maximum absolute atomic E-state index is 14.0. The number of aryl methyl sites for hydroxylation is 1. The summed E-state index contributed by atoms with van der Waals surface area (Å²) in [7, 11) is 0. The van der Waals surface area contributed by atoms with Crippen molar-refractivity contribution < 1.29 is 9.18 Å². The van der Waals surface area contributed by atoms with Gasteiger partial charge in [0.05, 0.1) is 6.04 Å². The van der Waals surface area contributed by atoms with E-state index in [1.54, 1.807) is 6.07 Å². The summed E-state index contributed by atoms with van der Waals surface area (Å²) in [5.74, 6) is 1.08. The molecule has 0 bridgehead atoms. The number of hydrogen-bond donors (Lipinski definition) is 0. The van der Waals surface area contributed by atoms with Gasteiger partial charge >= 0.3 is 0 Å². The molecule has 5 heteroatoms. The summed E-state index contributed by atoms with van der Waals surface area (Å²) in [6, 6.07) is 7.15. The van der Waals surface area contributed by atoms with Crippen LogP contribution in [0.2, 0.25) is 0 Å². The van der Waals surface area contributed by atoms with Gasteiger partial charge in [0.1, 0.15) is 11.6 Å². The van der Waals surface area contributed by atoms with Crippen LogP contribution in [0.3, 0.4) is 0 Å². The minimum atomic E-state index is -0.190. The average molecular weight is 341 g/mol. The summed E-state index contributed by atoms with van der Waals surface area (Å²) in [6.45, 7) is 3.66. The molecule has 1 aliphatic carbocycles. The summed E-state index contributed by atoms with van der Waals surface area (Å²) in [6.07, 6.45) is 7.62. The Labute approximate surface area is 147 Å². The number of carbonyl (C=O) groups excluding carboxylic acids is 1. The predicted octanol–water partition coefficient (Wildman–Crippen LogP) is 3.55. The van der Waals surface area contributed by atoms with E-state index in [1.807, 2.05) is 29.4 Å². The van der Waals surface area contributed by atoms with Crippen molar-refractivity contribution in [1.82, 2.24) is 14.5 Å². The van der Waals surface area contributed by atoms with Crippen molar-refractivity contribution in [2.45, 2.75) is 44.6 Å². The van der Waals surface area contributed by atoms with E-state index in [2.05, 4.69) is 16.5 Å². The minimum absolute atomic E-state index is 0.0496. The summed E-state index contributed by atoms with van der Waals surface area (Å²) in [4.78, 5) is 19.3. The lowest BCUT2D eigenvalue weighted by molar-refractivity contribution is -0.134. The number of rotatable bonds is 4. The lowest BCUT2D eigenvalue weighted by Crippen LogP contribution is -2.41. The number of carbonyl (C=O) groups is 1. The van der Waals surface area contributed by atoms with Crippen LogP contribution in [0.4, 0.5) is 4.39 Å². The Kier molecular flexibility index (Phi) is 4.32. The van der Waals surface area contributed by atoms with Crippen LogP contribution < -0.4 is 0 Å². The first-order valence-electron chi connectivity index (χ1n) is 9.24. The molecule has 1 saturated heterocycles. The third-order valence-electron chi connectivity index (χ3n) is 5.58. The van der Waals surface area contributed by atoms with E-state index < -0.39 is 0 Å². The standard InChI is InChI=1S/C20H24FN3O/c1-2-19-22-9-11-24(19)14-6-5-10-23(13-14)20(25)17-12-16(17)15-7-3-4-8-18(15)21/h3-4,7-9,11,14,16-17H,2,5-6,10,12-13H2,1H3. The van der Waals surface area contributed by atoms with Gasteiger partial charge < -0.3 is 9.47 Å². The molecule has 1 amide bonds. The zero-order valence-electron chi connectivity index (χ0n) is 14.6. The van der Waals surface area contributed by atoms with Crippen LogP contribution in [0.1, 0.15) is 49.5 Å². The van der Waals surface area contributed by atoms with Gasteiger partial charge in [-0.1, -0.05) is 25.1 Å². The molecule has 3 atom stereocenters. The highest BCUT2D eigenvalue weighted by Gasteiger charge is 2.47. The third-order valence-corrected chi connectivity index (χ3v) is 5.58. The summed E-state index contributed by atoms with van der Waals surface area (Å²) >= 11 is 0. The zero-order chi connectivity index (χ0) is 17.4. The predicted molar refractivity (Wildman–Crippen MR) is 93.7 cm³/mol. The first-order chi connectivity index (χ1) is 12.2. The highest BCUT2D eigenvalue weighted by atomic mass is 19.1. The Morgan fingerprint density at radius 2 is 2.20 bits per heavy atom. The van der Waals surface area contributed by atoms with Gasteiger partial charge in [0.15, 0.2) is 0 Å². The number of piperidine rings is 1. The van der Waals surface area contributed by atoms with Crippen LogP contribution in [-0.4, -0.2) is 33.4 Å². The van der Waals surface area contributed by atoms with E-state index in [4.69, 9.17) is 0 Å². The quantitative estimate of drug-likeness (QED) is 0.853. The molecular formula is C20H24FN3O. The second kappa shape index (κ2) is 6.62. The molecule has 1 aliphatic heterocycles. The molecule has 2 heterocycles. The summed E-state index contributed by atoms with van der Waals surface area (Å²) in [5, 5.41) is 0. The van der Waals surface area contributed by atoms with Gasteiger partial charge in [0, 0.05) is 37.8 Å². The normalized spacial score (nSPS) is 25.8. The number of benzene rings is 1. The third kappa shape index (κ3) is 3.08. The smallest absolute Gasteiger partial charge is 0.226 e. The molecule has 2 aliphatic rings. The van der Waals surface area contributed by atoms with Crippen LogP contribution >= 0.6 is 0 Å². The molecular weight excluding hydrogens is 317 g/mol. The van der Waals surface area contributed by atoms with E-state index in [9.17, 15) is 9.18 Å². The molecule has 2 fully saturated rings. The number of imidazole rings is 1. The van der Waals surface area contributed by atoms with Crippen molar-refractivity contribution in [2.75, 3.05) is 13.1 Å². The Balaban J connectivity index is 1.44. The van der Waals surface area contributed by atoms with Gasteiger partial charge in [-0.3, -0.25) is 4.79 Å². The molecule has 0 spiro atoms. The van der Waals surface area contributed by atoms with E-state index in [0.717, 1.165) is 44.6 Å². The van der Waals surface area contributed by atoms with Gasteiger partial charge in [-0.15, -0.1) is 0 Å². The lowest BCUT2D eigenvalue weighted by Gasteiger charge is -2.34. The first kappa shape index (κ1) is 16.3. The number of amides is 1. The number of aromatic nitrogens is 2. The largest absolute Gasteiger partial charge is 0.340 e. The fourth-order valence-electron chi connectivity index (χ4n) is 4.15. The van der Waals surface area contributed by atoms with Crippen LogP contribution in [0, 0.1) is 11.7 Å². The molecule has 2 aromatic rings. The zero-order valence-corrected chi connectivity index (χ0v) is 14.6. The highest BCUT2D eigenvalue weighted by Crippen LogP contribution is 2.49. The number of likely N-dealkylation sites (tertiary alicyclic amines) is 1. The van der Waals surface area contributed by atoms with Crippen molar-refractivity contribution in [3.8, 4) is 0 Å². The lowest BCUT2D eigenvalue weighted by atomic mass is 10.0. The molecule has 3 unspecified atom stereocenters.